The fourth-order valence-electron chi connectivity index (χ4n) is 2.38. The van der Waals surface area contributed by atoms with Gasteiger partial charge >= 0.3 is 5.97 Å². The quantitative estimate of drug-likeness (QED) is 0.224. The lowest BCUT2D eigenvalue weighted by atomic mass is 10.1. The highest BCUT2D eigenvalue weighted by Gasteiger charge is 2.08. The van der Waals surface area contributed by atoms with Crippen LogP contribution in [0.3, 0.4) is 0 Å². The smallest absolute Gasteiger partial charge is 0.343 e. The van der Waals surface area contributed by atoms with Gasteiger partial charge < -0.3 is 4.74 Å². The summed E-state index contributed by atoms with van der Waals surface area (Å²) in [7, 11) is 0. The van der Waals surface area contributed by atoms with E-state index in [2.05, 4.69) is 15.9 Å². The Labute approximate surface area is 166 Å². The molecule has 0 amide bonds. The van der Waals surface area contributed by atoms with Crippen LogP contribution in [-0.4, -0.2) is 11.8 Å². The van der Waals surface area contributed by atoms with Crippen LogP contribution in [0.4, 0.5) is 0 Å². The van der Waals surface area contributed by atoms with Crippen molar-refractivity contribution in [3.8, 4) is 5.75 Å². The minimum atomic E-state index is -0.416. The van der Waals surface area contributed by atoms with Gasteiger partial charge in [-0.15, -0.1) is 0 Å². The van der Waals surface area contributed by atoms with Crippen LogP contribution in [0.15, 0.2) is 83.3 Å². The number of rotatable bonds is 5. The van der Waals surface area contributed by atoms with Crippen molar-refractivity contribution in [2.24, 2.45) is 0 Å². The van der Waals surface area contributed by atoms with Gasteiger partial charge in [-0.05, 0) is 55.0 Å². The Bertz CT molecular complexity index is 970. The Morgan fingerprint density at radius 2 is 1.41 bits per heavy atom. The molecule has 27 heavy (non-hydrogen) atoms. The summed E-state index contributed by atoms with van der Waals surface area (Å²) in [5, 5.41) is 0. The van der Waals surface area contributed by atoms with E-state index in [0.29, 0.717) is 16.9 Å². The number of benzene rings is 3. The lowest BCUT2D eigenvalue weighted by Crippen LogP contribution is -2.08. The summed E-state index contributed by atoms with van der Waals surface area (Å²) in [5.41, 5.74) is 3.09. The maximum Gasteiger partial charge on any atom is 0.343 e. The third kappa shape index (κ3) is 5.25. The Balaban J connectivity index is 1.62. The van der Waals surface area contributed by atoms with Crippen LogP contribution in [0.1, 0.15) is 31.8 Å². The Kier molecular flexibility index (Phi) is 5.99. The van der Waals surface area contributed by atoms with Crippen molar-refractivity contribution in [1.82, 2.24) is 0 Å². The molecular weight excluding hydrogens is 404 g/mol. The molecule has 0 atom stereocenters. The molecule has 0 heterocycles. The van der Waals surface area contributed by atoms with Crippen molar-refractivity contribution in [2.45, 2.75) is 6.92 Å². The lowest BCUT2D eigenvalue weighted by Gasteiger charge is -2.05. The van der Waals surface area contributed by atoms with Crippen molar-refractivity contribution in [2.75, 3.05) is 0 Å². The van der Waals surface area contributed by atoms with Crippen LogP contribution in [0, 0.1) is 6.92 Å². The van der Waals surface area contributed by atoms with Crippen molar-refractivity contribution in [3.05, 3.63) is 106 Å². The average molecular weight is 421 g/mol. The van der Waals surface area contributed by atoms with Crippen LogP contribution >= 0.6 is 15.9 Å². The number of carbonyl (C=O) groups excluding carboxylic acids is 2. The normalized spacial score (nSPS) is 10.7. The fourth-order valence-corrected chi connectivity index (χ4v) is 2.65. The number of hydrogen-bond acceptors (Lipinski definition) is 3. The second-order valence-electron chi connectivity index (χ2n) is 6.03. The first-order valence-electron chi connectivity index (χ1n) is 8.38. The Morgan fingerprint density at radius 1 is 0.815 bits per heavy atom. The fraction of sp³-hybridized carbons (Fsp3) is 0.0435. The Morgan fingerprint density at radius 3 is 2.04 bits per heavy atom. The molecule has 0 aliphatic carbocycles. The number of ketones is 1. The van der Waals surface area contributed by atoms with E-state index >= 15 is 0 Å². The van der Waals surface area contributed by atoms with Crippen LogP contribution in [0.25, 0.3) is 6.08 Å². The number of halogens is 1. The van der Waals surface area contributed by atoms with E-state index in [1.54, 1.807) is 54.6 Å². The minimum absolute atomic E-state index is 0.0549. The molecule has 4 heteroatoms. The first-order valence-corrected chi connectivity index (χ1v) is 9.17. The first-order chi connectivity index (χ1) is 13.0. The summed E-state index contributed by atoms with van der Waals surface area (Å²) in [6.07, 6.45) is 3.27. The molecule has 0 aromatic heterocycles. The summed E-state index contributed by atoms with van der Waals surface area (Å²) in [6.45, 7) is 1.98. The second kappa shape index (κ2) is 8.60. The van der Waals surface area contributed by atoms with Crippen molar-refractivity contribution < 1.29 is 14.3 Å². The average Bonchev–Trinajstić information content (AvgIpc) is 2.68. The summed E-state index contributed by atoms with van der Waals surface area (Å²) in [5.74, 6) is -0.0222. The zero-order valence-corrected chi connectivity index (χ0v) is 16.3. The van der Waals surface area contributed by atoms with Gasteiger partial charge in [0.25, 0.3) is 0 Å². The summed E-state index contributed by atoms with van der Waals surface area (Å²) >= 11 is 3.33. The molecule has 134 valence electrons. The highest BCUT2D eigenvalue weighted by Crippen LogP contribution is 2.17. The Hall–Kier alpha value is -2.98. The molecule has 3 rings (SSSR count). The number of ether oxygens (including phenoxy) is 1. The summed E-state index contributed by atoms with van der Waals surface area (Å²) in [4.78, 5) is 24.3. The molecule has 0 fully saturated rings. The van der Waals surface area contributed by atoms with E-state index in [9.17, 15) is 9.59 Å². The summed E-state index contributed by atoms with van der Waals surface area (Å²) in [6, 6.07) is 21.4. The maximum absolute atomic E-state index is 12.2. The largest absolute Gasteiger partial charge is 0.423 e. The van der Waals surface area contributed by atoms with E-state index in [-0.39, 0.29) is 5.78 Å². The van der Waals surface area contributed by atoms with Gasteiger partial charge in [0, 0.05) is 10.0 Å². The highest BCUT2D eigenvalue weighted by molar-refractivity contribution is 9.10. The topological polar surface area (TPSA) is 43.4 Å². The lowest BCUT2D eigenvalue weighted by molar-refractivity contribution is 0.0734. The molecule has 0 unspecified atom stereocenters. The van der Waals surface area contributed by atoms with Gasteiger partial charge in [-0.3, -0.25) is 4.79 Å². The van der Waals surface area contributed by atoms with E-state index in [1.807, 2.05) is 31.2 Å². The van der Waals surface area contributed by atoms with E-state index in [1.165, 1.54) is 6.08 Å². The number of hydrogen-bond donors (Lipinski definition) is 0. The van der Waals surface area contributed by atoms with Crippen LogP contribution in [0.2, 0.25) is 0 Å². The number of allylic oxidation sites excluding steroid dienone is 1. The molecule has 0 saturated heterocycles. The van der Waals surface area contributed by atoms with Crippen LogP contribution < -0.4 is 4.74 Å². The van der Waals surface area contributed by atoms with Crippen LogP contribution in [0.5, 0.6) is 5.75 Å². The van der Waals surface area contributed by atoms with Crippen molar-refractivity contribution in [3.63, 3.8) is 0 Å². The molecule has 0 spiro atoms. The van der Waals surface area contributed by atoms with E-state index < -0.39 is 5.97 Å². The third-order valence-electron chi connectivity index (χ3n) is 3.93. The predicted molar refractivity (Wildman–Crippen MR) is 110 cm³/mol. The van der Waals surface area contributed by atoms with E-state index in [4.69, 9.17) is 4.74 Å². The molecule has 0 N–H and O–H groups in total. The zero-order chi connectivity index (χ0) is 19.2. The van der Waals surface area contributed by atoms with Gasteiger partial charge in [-0.25, -0.2) is 4.79 Å². The second-order valence-corrected chi connectivity index (χ2v) is 6.94. The number of aryl methyl sites for hydroxylation is 1. The SMILES string of the molecule is Cc1ccc(C(=O)C=Cc2ccc(OC(=O)c3ccc(Br)cc3)cc2)cc1. The molecule has 3 aromatic carbocycles. The van der Waals surface area contributed by atoms with Crippen molar-refractivity contribution in [1.29, 1.82) is 0 Å². The molecule has 0 aliphatic heterocycles. The monoisotopic (exact) mass is 420 g/mol. The molecule has 3 nitrogen and oxygen atoms in total. The minimum Gasteiger partial charge on any atom is -0.423 e. The molecular formula is C23H17BrO3. The number of carbonyl (C=O) groups is 2. The van der Waals surface area contributed by atoms with Gasteiger partial charge in [-0.2, -0.15) is 0 Å². The summed E-state index contributed by atoms with van der Waals surface area (Å²) < 4.78 is 6.25. The van der Waals surface area contributed by atoms with Crippen molar-refractivity contribution >= 4 is 33.8 Å². The molecule has 3 aromatic rings. The van der Waals surface area contributed by atoms with Gasteiger partial charge in [0.15, 0.2) is 5.78 Å². The van der Waals surface area contributed by atoms with Gasteiger partial charge in [0.2, 0.25) is 0 Å². The zero-order valence-electron chi connectivity index (χ0n) is 14.7. The van der Waals surface area contributed by atoms with Gasteiger partial charge in [-0.1, -0.05) is 64.0 Å². The molecule has 0 saturated carbocycles. The highest BCUT2D eigenvalue weighted by atomic mass is 79.9. The van der Waals surface area contributed by atoms with Gasteiger partial charge in [0.05, 0.1) is 5.56 Å². The molecule has 0 bridgehead atoms. The van der Waals surface area contributed by atoms with Crippen LogP contribution in [-0.2, 0) is 0 Å². The molecule has 0 aliphatic rings. The van der Waals surface area contributed by atoms with Gasteiger partial charge in [0.1, 0.15) is 5.75 Å². The predicted octanol–water partition coefficient (Wildman–Crippen LogP) is 5.87. The standard InChI is InChI=1S/C23H17BrO3/c1-16-2-7-18(8-3-16)22(25)15-6-17-4-13-21(14-5-17)27-23(26)19-9-11-20(24)12-10-19/h2-15H,1H3. The maximum atomic E-state index is 12.2. The third-order valence-corrected chi connectivity index (χ3v) is 4.46. The number of esters is 1. The first kappa shape index (κ1) is 18.8. The molecule has 0 radical (unpaired) electrons. The van der Waals surface area contributed by atoms with E-state index in [0.717, 1.165) is 15.6 Å².